The molecule has 0 aliphatic carbocycles. The minimum atomic E-state index is -3.49. The van der Waals surface area contributed by atoms with Crippen molar-refractivity contribution in [3.63, 3.8) is 0 Å². The van der Waals surface area contributed by atoms with Gasteiger partial charge in [-0.05, 0) is 68.9 Å². The molecule has 29 heavy (non-hydrogen) atoms. The predicted molar refractivity (Wildman–Crippen MR) is 117 cm³/mol. The van der Waals surface area contributed by atoms with Crippen molar-refractivity contribution < 1.29 is 13.2 Å². The number of sulfonamides is 1. The fourth-order valence-electron chi connectivity index (χ4n) is 3.38. The second-order valence-corrected chi connectivity index (χ2v) is 9.84. The highest BCUT2D eigenvalue weighted by atomic mass is 35.5. The van der Waals surface area contributed by atoms with Gasteiger partial charge in [-0.25, -0.2) is 8.42 Å². The number of piperidine rings is 1. The maximum absolute atomic E-state index is 12.5. The van der Waals surface area contributed by atoms with Gasteiger partial charge in [0.2, 0.25) is 10.0 Å². The molecule has 156 valence electrons. The fraction of sp³-hybridized carbons (Fsp3) is 0.381. The summed E-state index contributed by atoms with van der Waals surface area (Å²) in [7, 11) is -1.41. The molecule has 1 saturated heterocycles. The Balaban J connectivity index is 1.69. The molecule has 1 heterocycles. The van der Waals surface area contributed by atoms with Crippen LogP contribution in [0.1, 0.15) is 28.8 Å². The van der Waals surface area contributed by atoms with Crippen molar-refractivity contribution in [3.05, 3.63) is 64.7 Å². The number of carbonyl (C=O) groups is 1. The Hall–Kier alpha value is -2.09. The van der Waals surface area contributed by atoms with Crippen molar-refractivity contribution in [1.29, 1.82) is 0 Å². The summed E-state index contributed by atoms with van der Waals surface area (Å²) in [5, 5.41) is 3.56. The van der Waals surface area contributed by atoms with E-state index in [4.69, 9.17) is 11.6 Å². The fourth-order valence-corrected chi connectivity index (χ4v) is 4.44. The first-order valence-electron chi connectivity index (χ1n) is 9.54. The lowest BCUT2D eigenvalue weighted by Gasteiger charge is -2.29. The molecule has 8 heteroatoms. The van der Waals surface area contributed by atoms with Crippen LogP contribution in [-0.2, 0) is 16.6 Å². The van der Waals surface area contributed by atoms with Gasteiger partial charge in [-0.1, -0.05) is 29.8 Å². The van der Waals surface area contributed by atoms with Crippen molar-refractivity contribution in [2.75, 3.05) is 30.7 Å². The molecule has 1 N–H and O–H groups in total. The Bertz CT molecular complexity index is 955. The predicted octanol–water partition coefficient (Wildman–Crippen LogP) is 3.13. The van der Waals surface area contributed by atoms with Gasteiger partial charge in [-0.2, -0.15) is 0 Å². The lowest BCUT2D eigenvalue weighted by Crippen LogP contribution is -2.43. The normalized spacial score (nSPS) is 15.8. The van der Waals surface area contributed by atoms with Crippen LogP contribution in [0.25, 0.3) is 0 Å². The number of rotatable bonds is 6. The monoisotopic (exact) mass is 435 g/mol. The molecule has 0 aromatic heterocycles. The maximum atomic E-state index is 12.5. The molecule has 1 fully saturated rings. The van der Waals surface area contributed by atoms with Crippen LogP contribution in [-0.4, -0.2) is 51.7 Å². The summed E-state index contributed by atoms with van der Waals surface area (Å²) in [6.45, 7) is 2.12. The van der Waals surface area contributed by atoms with Crippen LogP contribution in [0.4, 0.5) is 5.69 Å². The molecular weight excluding hydrogens is 410 g/mol. The van der Waals surface area contributed by atoms with Crippen molar-refractivity contribution in [3.8, 4) is 0 Å². The van der Waals surface area contributed by atoms with E-state index >= 15 is 0 Å². The van der Waals surface area contributed by atoms with Crippen LogP contribution in [0.15, 0.2) is 48.5 Å². The summed E-state index contributed by atoms with van der Waals surface area (Å²) < 4.78 is 25.9. The van der Waals surface area contributed by atoms with E-state index in [0.717, 1.165) is 37.8 Å². The third-order valence-corrected chi connectivity index (χ3v) is 6.47. The van der Waals surface area contributed by atoms with E-state index in [1.807, 2.05) is 0 Å². The minimum absolute atomic E-state index is 0.0964. The highest BCUT2D eigenvalue weighted by molar-refractivity contribution is 7.92. The molecule has 1 aliphatic rings. The van der Waals surface area contributed by atoms with E-state index in [-0.39, 0.29) is 18.5 Å². The largest absolute Gasteiger partial charge is 0.349 e. The lowest BCUT2D eigenvalue weighted by molar-refractivity contribution is 0.0917. The highest BCUT2D eigenvalue weighted by Crippen LogP contribution is 2.24. The topological polar surface area (TPSA) is 69.7 Å². The van der Waals surface area contributed by atoms with Crippen molar-refractivity contribution >= 4 is 33.2 Å². The van der Waals surface area contributed by atoms with E-state index in [9.17, 15) is 13.2 Å². The van der Waals surface area contributed by atoms with E-state index in [0.29, 0.717) is 16.3 Å². The van der Waals surface area contributed by atoms with Gasteiger partial charge in [0.1, 0.15) is 0 Å². The number of anilines is 1. The molecule has 3 rings (SSSR count). The number of nitrogens with one attached hydrogen (secondary N) is 1. The third kappa shape index (κ3) is 5.95. The Morgan fingerprint density at radius 2 is 1.83 bits per heavy atom. The molecular formula is C21H26ClN3O3S. The van der Waals surface area contributed by atoms with Gasteiger partial charge in [0.15, 0.2) is 0 Å². The van der Waals surface area contributed by atoms with E-state index < -0.39 is 10.0 Å². The average molecular weight is 436 g/mol. The van der Waals surface area contributed by atoms with Crippen LogP contribution in [0.2, 0.25) is 5.02 Å². The van der Waals surface area contributed by atoms with Crippen LogP contribution < -0.4 is 9.62 Å². The van der Waals surface area contributed by atoms with Gasteiger partial charge in [-0.3, -0.25) is 9.10 Å². The maximum Gasteiger partial charge on any atom is 0.251 e. The molecule has 1 aliphatic heterocycles. The molecule has 2 aromatic rings. The summed E-state index contributed by atoms with van der Waals surface area (Å²) in [4.78, 5) is 14.8. The summed E-state index contributed by atoms with van der Waals surface area (Å²) in [5.74, 6) is -0.0964. The summed E-state index contributed by atoms with van der Waals surface area (Å²) in [5.41, 5.74) is 1.86. The molecule has 0 saturated carbocycles. The van der Waals surface area contributed by atoms with Crippen LogP contribution in [0, 0.1) is 0 Å². The molecule has 0 radical (unpaired) electrons. The molecule has 0 atom stereocenters. The number of amides is 1. The van der Waals surface area contributed by atoms with Crippen LogP contribution in [0.3, 0.4) is 0 Å². The third-order valence-electron chi connectivity index (χ3n) is 5.09. The van der Waals surface area contributed by atoms with E-state index in [2.05, 4.69) is 17.3 Å². The second kappa shape index (κ2) is 9.15. The van der Waals surface area contributed by atoms with Gasteiger partial charge in [0, 0.05) is 16.6 Å². The Morgan fingerprint density at radius 3 is 2.41 bits per heavy atom. The Morgan fingerprint density at radius 1 is 1.17 bits per heavy atom. The van der Waals surface area contributed by atoms with Gasteiger partial charge >= 0.3 is 0 Å². The quantitative estimate of drug-likeness (QED) is 0.756. The number of halogens is 1. The first-order chi connectivity index (χ1) is 13.7. The molecule has 1 amide bonds. The number of likely N-dealkylation sites (tertiary alicyclic amines) is 1. The summed E-state index contributed by atoms with van der Waals surface area (Å²) in [6.07, 6.45) is 3.06. The molecule has 6 nitrogen and oxygen atoms in total. The SMILES string of the molecule is CN1CCC(NC(=O)c2ccc(CN(c3cccc(Cl)c3)S(C)(=O)=O)cc2)CC1. The summed E-state index contributed by atoms with van der Waals surface area (Å²) in [6, 6.07) is 14.0. The Labute approximate surface area is 177 Å². The Kier molecular flexibility index (Phi) is 6.82. The number of benzene rings is 2. The van der Waals surface area contributed by atoms with Crippen LogP contribution >= 0.6 is 11.6 Å². The van der Waals surface area contributed by atoms with E-state index in [1.165, 1.54) is 4.31 Å². The van der Waals surface area contributed by atoms with Gasteiger partial charge in [-0.15, -0.1) is 0 Å². The smallest absolute Gasteiger partial charge is 0.251 e. The average Bonchev–Trinajstić information content (AvgIpc) is 2.67. The lowest BCUT2D eigenvalue weighted by atomic mass is 10.0. The second-order valence-electron chi connectivity index (χ2n) is 7.50. The first kappa shape index (κ1) is 21.6. The number of nitrogens with zero attached hydrogens (tertiary/aromatic N) is 2. The van der Waals surface area contributed by atoms with Crippen LogP contribution in [0.5, 0.6) is 0 Å². The van der Waals surface area contributed by atoms with E-state index in [1.54, 1.807) is 48.5 Å². The minimum Gasteiger partial charge on any atom is -0.349 e. The van der Waals surface area contributed by atoms with Crippen molar-refractivity contribution in [2.45, 2.75) is 25.4 Å². The number of hydrogen-bond donors (Lipinski definition) is 1. The molecule has 0 bridgehead atoms. The zero-order valence-electron chi connectivity index (χ0n) is 16.6. The van der Waals surface area contributed by atoms with Gasteiger partial charge < -0.3 is 10.2 Å². The summed E-state index contributed by atoms with van der Waals surface area (Å²) >= 11 is 6.02. The zero-order valence-corrected chi connectivity index (χ0v) is 18.2. The molecule has 0 unspecified atom stereocenters. The van der Waals surface area contributed by atoms with Gasteiger partial charge in [0.25, 0.3) is 5.91 Å². The number of hydrogen-bond acceptors (Lipinski definition) is 4. The standard InChI is InChI=1S/C21H26ClN3O3S/c1-24-12-10-19(11-13-24)23-21(26)17-8-6-16(7-9-17)15-25(29(2,27)28)20-5-3-4-18(22)14-20/h3-9,14,19H,10-13,15H2,1-2H3,(H,23,26). The van der Waals surface area contributed by atoms with Crippen molar-refractivity contribution in [2.24, 2.45) is 0 Å². The number of carbonyl (C=O) groups excluding carboxylic acids is 1. The van der Waals surface area contributed by atoms with Gasteiger partial charge in [0.05, 0.1) is 18.5 Å². The molecule has 0 spiro atoms. The first-order valence-corrected chi connectivity index (χ1v) is 11.8. The molecule has 2 aromatic carbocycles. The van der Waals surface area contributed by atoms with Crippen molar-refractivity contribution in [1.82, 2.24) is 10.2 Å². The zero-order chi connectivity index (χ0) is 21.0. The highest BCUT2D eigenvalue weighted by Gasteiger charge is 2.20.